The second-order valence-electron chi connectivity index (χ2n) is 4.21. The van der Waals surface area contributed by atoms with Crippen molar-refractivity contribution in [3.63, 3.8) is 0 Å². The number of hydrogen-bond acceptors (Lipinski definition) is 4. The van der Waals surface area contributed by atoms with Crippen LogP contribution in [0.2, 0.25) is 0 Å². The van der Waals surface area contributed by atoms with Crippen LogP contribution in [-0.2, 0) is 11.3 Å². The van der Waals surface area contributed by atoms with E-state index in [0.29, 0.717) is 6.54 Å². The lowest BCUT2D eigenvalue weighted by Gasteiger charge is -2.09. The number of imidazole rings is 1. The second kappa shape index (κ2) is 7.21. The molecule has 0 saturated carbocycles. The molecule has 1 heterocycles. The Hall–Kier alpha value is -1.90. The smallest absolute Gasteiger partial charge is 0.345 e. The van der Waals surface area contributed by atoms with Crippen LogP contribution in [-0.4, -0.2) is 29.5 Å². The van der Waals surface area contributed by atoms with E-state index in [4.69, 9.17) is 0 Å². The highest BCUT2D eigenvalue weighted by atomic mass is 19.4. The number of aromatic nitrogens is 2. The molecule has 0 unspecified atom stereocenters. The van der Waals surface area contributed by atoms with Gasteiger partial charge >= 0.3 is 6.36 Å². The lowest BCUT2D eigenvalue weighted by molar-refractivity contribution is -0.323. The molecule has 0 fully saturated rings. The fraction of sp³-hybridized carbons (Fsp3) is 0.308. The summed E-state index contributed by atoms with van der Waals surface area (Å²) in [6.07, 6.45) is -1.15. The SMILES string of the molecule is FC(F)(F)OCCNNCc1ccc(-c2ncc[nH]2)cc1. The van der Waals surface area contributed by atoms with Gasteiger partial charge in [-0.1, -0.05) is 24.3 Å². The molecular formula is C13H15F3N4O. The van der Waals surface area contributed by atoms with Gasteiger partial charge in [0.05, 0.1) is 6.61 Å². The van der Waals surface area contributed by atoms with E-state index in [1.807, 2.05) is 24.3 Å². The minimum Gasteiger partial charge on any atom is -0.345 e. The van der Waals surface area contributed by atoms with Crippen molar-refractivity contribution in [2.45, 2.75) is 12.9 Å². The van der Waals surface area contributed by atoms with Crippen LogP contribution >= 0.6 is 0 Å². The van der Waals surface area contributed by atoms with Crippen molar-refractivity contribution in [3.8, 4) is 11.4 Å². The van der Waals surface area contributed by atoms with Crippen LogP contribution in [0.15, 0.2) is 36.7 Å². The summed E-state index contributed by atoms with van der Waals surface area (Å²) in [5.41, 5.74) is 7.44. The van der Waals surface area contributed by atoms with Gasteiger partial charge in [-0.05, 0) is 5.56 Å². The Morgan fingerprint density at radius 2 is 1.90 bits per heavy atom. The number of halogens is 3. The molecule has 1 aromatic carbocycles. The topological polar surface area (TPSA) is 62.0 Å². The summed E-state index contributed by atoms with van der Waals surface area (Å²) < 4.78 is 38.7. The van der Waals surface area contributed by atoms with Crippen LogP contribution in [0.1, 0.15) is 5.56 Å². The van der Waals surface area contributed by atoms with Gasteiger partial charge in [-0.15, -0.1) is 13.2 Å². The van der Waals surface area contributed by atoms with E-state index >= 15 is 0 Å². The standard InChI is InChI=1S/C13H15F3N4O/c14-13(15,16)21-8-7-19-20-9-10-1-3-11(4-2-10)12-17-5-6-18-12/h1-6,19-20H,7-9H2,(H,17,18). The summed E-state index contributed by atoms with van der Waals surface area (Å²) in [5, 5.41) is 0. The molecule has 0 saturated heterocycles. The first kappa shape index (κ1) is 15.5. The molecule has 0 radical (unpaired) electrons. The van der Waals surface area contributed by atoms with E-state index in [2.05, 4.69) is 25.6 Å². The molecule has 1 aromatic heterocycles. The number of aromatic amines is 1. The van der Waals surface area contributed by atoms with Gasteiger partial charge in [-0.2, -0.15) is 0 Å². The molecule has 0 atom stereocenters. The zero-order valence-electron chi connectivity index (χ0n) is 11.1. The van der Waals surface area contributed by atoms with Gasteiger partial charge in [0.25, 0.3) is 0 Å². The van der Waals surface area contributed by atoms with Crippen LogP contribution in [0.3, 0.4) is 0 Å². The summed E-state index contributed by atoms with van der Waals surface area (Å²) in [6.45, 7) is 0.113. The van der Waals surface area contributed by atoms with E-state index in [9.17, 15) is 13.2 Å². The molecule has 0 aliphatic carbocycles. The third-order valence-corrected chi connectivity index (χ3v) is 2.64. The Labute approximate surface area is 119 Å². The molecular weight excluding hydrogens is 285 g/mol. The summed E-state index contributed by atoms with van der Waals surface area (Å²) in [5.74, 6) is 0.789. The minimum atomic E-state index is -4.58. The quantitative estimate of drug-likeness (QED) is 0.542. The van der Waals surface area contributed by atoms with Crippen molar-refractivity contribution >= 4 is 0 Å². The number of nitrogens with one attached hydrogen (secondary N) is 3. The Bertz CT molecular complexity index is 525. The highest BCUT2D eigenvalue weighted by Gasteiger charge is 2.28. The molecule has 0 aliphatic heterocycles. The lowest BCUT2D eigenvalue weighted by Crippen LogP contribution is -2.35. The Balaban J connectivity index is 1.67. The number of hydrazine groups is 1. The third-order valence-electron chi connectivity index (χ3n) is 2.64. The third kappa shape index (κ3) is 5.54. The van der Waals surface area contributed by atoms with Crippen molar-refractivity contribution in [2.75, 3.05) is 13.2 Å². The first-order chi connectivity index (χ1) is 10.0. The lowest BCUT2D eigenvalue weighted by atomic mass is 10.1. The second-order valence-corrected chi connectivity index (χ2v) is 4.21. The minimum absolute atomic E-state index is 0.0595. The molecule has 114 valence electrons. The number of ether oxygens (including phenoxy) is 1. The molecule has 21 heavy (non-hydrogen) atoms. The Morgan fingerprint density at radius 3 is 2.52 bits per heavy atom. The van der Waals surface area contributed by atoms with Crippen molar-refractivity contribution in [1.82, 2.24) is 20.8 Å². The molecule has 2 rings (SSSR count). The normalized spacial score (nSPS) is 11.8. The molecule has 2 aromatic rings. The predicted molar refractivity (Wildman–Crippen MR) is 70.9 cm³/mol. The summed E-state index contributed by atoms with van der Waals surface area (Å²) in [7, 11) is 0. The van der Waals surface area contributed by atoms with Crippen LogP contribution in [0.5, 0.6) is 0 Å². The molecule has 5 nitrogen and oxygen atoms in total. The van der Waals surface area contributed by atoms with Crippen LogP contribution in [0, 0.1) is 0 Å². The fourth-order valence-corrected chi connectivity index (χ4v) is 1.67. The molecule has 0 amide bonds. The van der Waals surface area contributed by atoms with Gasteiger partial charge in [0.1, 0.15) is 5.82 Å². The fourth-order valence-electron chi connectivity index (χ4n) is 1.67. The maximum Gasteiger partial charge on any atom is 0.522 e. The molecule has 0 bridgehead atoms. The first-order valence-corrected chi connectivity index (χ1v) is 6.30. The van der Waals surface area contributed by atoms with E-state index < -0.39 is 13.0 Å². The molecule has 0 aliphatic rings. The zero-order chi connectivity index (χ0) is 15.1. The van der Waals surface area contributed by atoms with Gasteiger partial charge in [-0.3, -0.25) is 15.6 Å². The average Bonchev–Trinajstić information content (AvgIpc) is 2.96. The maximum atomic E-state index is 11.7. The Kier molecular flexibility index (Phi) is 5.32. The molecule has 0 spiro atoms. The van der Waals surface area contributed by atoms with Crippen LogP contribution in [0.25, 0.3) is 11.4 Å². The molecule has 3 N–H and O–H groups in total. The number of benzene rings is 1. The summed E-state index contributed by atoms with van der Waals surface area (Å²) in [6, 6.07) is 7.67. The first-order valence-electron chi connectivity index (χ1n) is 6.30. The van der Waals surface area contributed by atoms with E-state index in [1.165, 1.54) is 0 Å². The zero-order valence-corrected chi connectivity index (χ0v) is 11.1. The van der Waals surface area contributed by atoms with Crippen molar-refractivity contribution in [2.24, 2.45) is 0 Å². The summed E-state index contributed by atoms with van der Waals surface area (Å²) >= 11 is 0. The number of H-pyrrole nitrogens is 1. The van der Waals surface area contributed by atoms with Gasteiger partial charge in [0, 0.05) is 31.0 Å². The highest BCUT2D eigenvalue weighted by molar-refractivity contribution is 5.54. The van der Waals surface area contributed by atoms with Gasteiger partial charge in [0.15, 0.2) is 0 Å². The summed E-state index contributed by atoms with van der Waals surface area (Å²) in [4.78, 5) is 7.15. The van der Waals surface area contributed by atoms with Gasteiger partial charge < -0.3 is 4.98 Å². The van der Waals surface area contributed by atoms with Crippen LogP contribution in [0.4, 0.5) is 13.2 Å². The number of hydrogen-bond donors (Lipinski definition) is 3. The molecule has 8 heteroatoms. The largest absolute Gasteiger partial charge is 0.522 e. The van der Waals surface area contributed by atoms with Crippen LogP contribution < -0.4 is 10.9 Å². The van der Waals surface area contributed by atoms with Crippen molar-refractivity contribution in [1.29, 1.82) is 0 Å². The van der Waals surface area contributed by atoms with E-state index in [-0.39, 0.29) is 6.54 Å². The number of rotatable bonds is 7. The van der Waals surface area contributed by atoms with E-state index in [0.717, 1.165) is 17.0 Å². The number of nitrogens with zero attached hydrogens (tertiary/aromatic N) is 1. The van der Waals surface area contributed by atoms with Gasteiger partial charge in [-0.25, -0.2) is 4.98 Å². The average molecular weight is 300 g/mol. The van der Waals surface area contributed by atoms with Crippen molar-refractivity contribution in [3.05, 3.63) is 42.2 Å². The van der Waals surface area contributed by atoms with Crippen molar-refractivity contribution < 1.29 is 17.9 Å². The predicted octanol–water partition coefficient (Wildman–Crippen LogP) is 2.21. The van der Waals surface area contributed by atoms with E-state index in [1.54, 1.807) is 12.4 Å². The monoisotopic (exact) mass is 300 g/mol. The van der Waals surface area contributed by atoms with Gasteiger partial charge in [0.2, 0.25) is 0 Å². The maximum absolute atomic E-state index is 11.7. The highest BCUT2D eigenvalue weighted by Crippen LogP contribution is 2.15. The Morgan fingerprint density at radius 1 is 1.14 bits per heavy atom. The number of alkyl halides is 3.